The molecule has 14 heavy (non-hydrogen) atoms. The zero-order valence-electron chi connectivity index (χ0n) is 8.43. The Labute approximate surface area is 83.1 Å². The third-order valence-electron chi connectivity index (χ3n) is 2.89. The Hall–Kier alpha value is -1.09. The lowest BCUT2D eigenvalue weighted by atomic mass is 9.82. The Morgan fingerprint density at radius 1 is 1.50 bits per heavy atom. The van der Waals surface area contributed by atoms with E-state index in [-0.39, 0.29) is 11.4 Å². The maximum absolute atomic E-state index is 13.6. The maximum atomic E-state index is 13.6. The molecule has 0 bridgehead atoms. The summed E-state index contributed by atoms with van der Waals surface area (Å²) in [5.74, 6) is 0.429. The summed E-state index contributed by atoms with van der Waals surface area (Å²) in [6.45, 7) is 2.94. The first kappa shape index (κ1) is 9.46. The first-order valence-corrected chi connectivity index (χ1v) is 4.75. The van der Waals surface area contributed by atoms with Gasteiger partial charge in [0.25, 0.3) is 0 Å². The highest BCUT2D eigenvalue weighted by Gasteiger charge is 2.37. The van der Waals surface area contributed by atoms with E-state index in [2.05, 4.69) is 5.32 Å². The van der Waals surface area contributed by atoms with Gasteiger partial charge in [0.05, 0.1) is 7.11 Å². The zero-order chi connectivity index (χ0) is 10.2. The van der Waals surface area contributed by atoms with E-state index in [0.717, 1.165) is 13.0 Å². The van der Waals surface area contributed by atoms with E-state index in [0.29, 0.717) is 11.3 Å². The van der Waals surface area contributed by atoms with Gasteiger partial charge in [-0.15, -0.1) is 0 Å². The van der Waals surface area contributed by atoms with Gasteiger partial charge in [-0.05, 0) is 32.0 Å². The lowest BCUT2D eigenvalue weighted by molar-refractivity contribution is 0.220. The smallest absolute Gasteiger partial charge is 0.131 e. The normalized spacial score (nSPS) is 25.6. The molecule has 2 rings (SSSR count). The molecule has 0 aliphatic carbocycles. The van der Waals surface area contributed by atoms with E-state index >= 15 is 0 Å². The molecule has 1 unspecified atom stereocenters. The van der Waals surface area contributed by atoms with Crippen LogP contribution in [0.15, 0.2) is 18.2 Å². The molecule has 1 aliphatic rings. The molecule has 2 nitrogen and oxygen atoms in total. The first-order chi connectivity index (χ1) is 6.67. The standard InChI is InChI=1S/C11H14FNO/c1-11(6-7-13-11)10-8(12)4-3-5-9(10)14-2/h3-5,13H,6-7H2,1-2H3. The minimum atomic E-state index is -0.253. The van der Waals surface area contributed by atoms with Crippen LogP contribution in [-0.4, -0.2) is 13.7 Å². The van der Waals surface area contributed by atoms with Gasteiger partial charge in [0.2, 0.25) is 0 Å². The van der Waals surface area contributed by atoms with Crippen LogP contribution in [-0.2, 0) is 5.54 Å². The average molecular weight is 195 g/mol. The number of rotatable bonds is 2. The van der Waals surface area contributed by atoms with Crippen LogP contribution < -0.4 is 10.1 Å². The summed E-state index contributed by atoms with van der Waals surface area (Å²) in [6, 6.07) is 4.94. The second-order valence-corrected chi connectivity index (χ2v) is 3.83. The number of hydrogen-bond donors (Lipinski definition) is 1. The summed E-state index contributed by atoms with van der Waals surface area (Å²) in [7, 11) is 1.57. The summed E-state index contributed by atoms with van der Waals surface area (Å²) >= 11 is 0. The fourth-order valence-corrected chi connectivity index (χ4v) is 1.92. The molecule has 0 saturated carbocycles. The van der Waals surface area contributed by atoms with Gasteiger partial charge in [0.1, 0.15) is 11.6 Å². The number of methoxy groups -OCH3 is 1. The highest BCUT2D eigenvalue weighted by Crippen LogP contribution is 2.38. The molecular formula is C11H14FNO. The van der Waals surface area contributed by atoms with Gasteiger partial charge in [-0.1, -0.05) is 6.07 Å². The maximum Gasteiger partial charge on any atom is 0.131 e. The number of benzene rings is 1. The van der Waals surface area contributed by atoms with Crippen LogP contribution in [0, 0.1) is 5.82 Å². The Balaban J connectivity index is 2.49. The molecule has 1 fully saturated rings. The number of halogens is 1. The average Bonchev–Trinajstić information content (AvgIpc) is 2.14. The molecule has 0 radical (unpaired) electrons. The molecule has 1 heterocycles. The summed E-state index contributed by atoms with van der Waals surface area (Å²) < 4.78 is 18.8. The van der Waals surface area contributed by atoms with E-state index < -0.39 is 0 Å². The zero-order valence-corrected chi connectivity index (χ0v) is 8.43. The molecule has 1 aromatic carbocycles. The summed E-state index contributed by atoms with van der Waals surface area (Å²) in [5, 5.41) is 3.23. The van der Waals surface area contributed by atoms with Gasteiger partial charge in [-0.3, -0.25) is 0 Å². The Bertz CT molecular complexity index is 347. The topological polar surface area (TPSA) is 21.3 Å². The fraction of sp³-hybridized carbons (Fsp3) is 0.455. The Kier molecular flexibility index (Phi) is 2.19. The summed E-state index contributed by atoms with van der Waals surface area (Å²) in [5.41, 5.74) is 0.394. The van der Waals surface area contributed by atoms with Crippen LogP contribution in [0.4, 0.5) is 4.39 Å². The van der Waals surface area contributed by atoms with Crippen LogP contribution in [0.2, 0.25) is 0 Å². The van der Waals surface area contributed by atoms with Gasteiger partial charge in [-0.2, -0.15) is 0 Å². The molecular weight excluding hydrogens is 181 g/mol. The fourth-order valence-electron chi connectivity index (χ4n) is 1.92. The first-order valence-electron chi connectivity index (χ1n) is 4.75. The van der Waals surface area contributed by atoms with Crippen molar-refractivity contribution < 1.29 is 9.13 Å². The summed E-state index contributed by atoms with van der Waals surface area (Å²) in [4.78, 5) is 0. The van der Waals surface area contributed by atoms with Crippen LogP contribution in [0.25, 0.3) is 0 Å². The van der Waals surface area contributed by atoms with Crippen molar-refractivity contribution >= 4 is 0 Å². The predicted octanol–water partition coefficient (Wildman–Crippen LogP) is 2.04. The third kappa shape index (κ3) is 1.28. The largest absolute Gasteiger partial charge is 0.496 e. The van der Waals surface area contributed by atoms with Crippen molar-refractivity contribution in [2.24, 2.45) is 0 Å². The van der Waals surface area contributed by atoms with E-state index in [1.54, 1.807) is 19.2 Å². The van der Waals surface area contributed by atoms with Crippen molar-refractivity contribution in [1.82, 2.24) is 5.32 Å². The predicted molar refractivity (Wildman–Crippen MR) is 52.9 cm³/mol. The van der Waals surface area contributed by atoms with Gasteiger partial charge in [0, 0.05) is 11.1 Å². The van der Waals surface area contributed by atoms with Crippen LogP contribution in [0.5, 0.6) is 5.75 Å². The minimum Gasteiger partial charge on any atom is -0.496 e. The van der Waals surface area contributed by atoms with Gasteiger partial charge in [-0.25, -0.2) is 4.39 Å². The van der Waals surface area contributed by atoms with Crippen molar-refractivity contribution in [3.05, 3.63) is 29.6 Å². The van der Waals surface area contributed by atoms with Crippen molar-refractivity contribution in [3.8, 4) is 5.75 Å². The highest BCUT2D eigenvalue weighted by molar-refractivity contribution is 5.41. The monoisotopic (exact) mass is 195 g/mol. The van der Waals surface area contributed by atoms with Crippen molar-refractivity contribution in [1.29, 1.82) is 0 Å². The molecule has 0 amide bonds. The number of hydrogen-bond acceptors (Lipinski definition) is 2. The molecule has 0 aromatic heterocycles. The van der Waals surface area contributed by atoms with Crippen molar-refractivity contribution in [3.63, 3.8) is 0 Å². The molecule has 1 saturated heterocycles. The second-order valence-electron chi connectivity index (χ2n) is 3.83. The third-order valence-corrected chi connectivity index (χ3v) is 2.89. The van der Waals surface area contributed by atoms with Crippen molar-refractivity contribution in [2.75, 3.05) is 13.7 Å². The molecule has 3 heteroatoms. The SMILES string of the molecule is COc1cccc(F)c1C1(C)CCN1. The van der Waals surface area contributed by atoms with Crippen LogP contribution in [0.3, 0.4) is 0 Å². The van der Waals surface area contributed by atoms with Crippen LogP contribution in [0.1, 0.15) is 18.9 Å². The minimum absolute atomic E-state index is 0.195. The molecule has 1 N–H and O–H groups in total. The molecule has 76 valence electrons. The summed E-state index contributed by atoms with van der Waals surface area (Å²) in [6.07, 6.45) is 0.949. The Morgan fingerprint density at radius 3 is 2.71 bits per heavy atom. The second kappa shape index (κ2) is 3.24. The van der Waals surface area contributed by atoms with E-state index in [1.165, 1.54) is 6.07 Å². The van der Waals surface area contributed by atoms with E-state index in [9.17, 15) is 4.39 Å². The molecule has 0 spiro atoms. The lowest BCUT2D eigenvalue weighted by Crippen LogP contribution is -2.52. The van der Waals surface area contributed by atoms with Gasteiger partial charge < -0.3 is 10.1 Å². The van der Waals surface area contributed by atoms with Crippen LogP contribution >= 0.6 is 0 Å². The molecule has 1 atom stereocenters. The number of nitrogens with one attached hydrogen (secondary N) is 1. The van der Waals surface area contributed by atoms with E-state index in [4.69, 9.17) is 4.74 Å². The molecule has 1 aromatic rings. The van der Waals surface area contributed by atoms with Gasteiger partial charge in [0.15, 0.2) is 0 Å². The quantitative estimate of drug-likeness (QED) is 0.779. The Morgan fingerprint density at radius 2 is 2.21 bits per heavy atom. The van der Waals surface area contributed by atoms with Gasteiger partial charge >= 0.3 is 0 Å². The van der Waals surface area contributed by atoms with Crippen molar-refractivity contribution in [2.45, 2.75) is 18.9 Å². The number of ether oxygens (including phenoxy) is 1. The van der Waals surface area contributed by atoms with E-state index in [1.807, 2.05) is 6.92 Å². The molecule has 1 aliphatic heterocycles. The lowest BCUT2D eigenvalue weighted by Gasteiger charge is -2.41. The highest BCUT2D eigenvalue weighted by atomic mass is 19.1.